The number of carbonyl (C=O) groups excluding carboxylic acids is 3. The fourth-order valence-electron chi connectivity index (χ4n) is 5.11. The first-order valence-electron chi connectivity index (χ1n) is 13.0. The Kier molecular flexibility index (Phi) is 7.85. The predicted molar refractivity (Wildman–Crippen MR) is 141 cm³/mol. The lowest BCUT2D eigenvalue weighted by molar-refractivity contribution is -0.147. The van der Waals surface area contributed by atoms with E-state index in [1.165, 1.54) is 0 Å². The number of carbonyl (C=O) groups is 3. The van der Waals surface area contributed by atoms with E-state index in [4.69, 9.17) is 9.16 Å². The van der Waals surface area contributed by atoms with E-state index in [-0.39, 0.29) is 30.2 Å². The molecule has 0 radical (unpaired) electrons. The Bertz CT molecular complexity index is 984. The van der Waals surface area contributed by atoms with Gasteiger partial charge in [-0.05, 0) is 37.5 Å². The number of fused-ring (bicyclic) bond motifs is 3. The summed E-state index contributed by atoms with van der Waals surface area (Å²) in [7, 11) is -2.20. The summed E-state index contributed by atoms with van der Waals surface area (Å²) in [5.41, 5.74) is -0.139. The van der Waals surface area contributed by atoms with Gasteiger partial charge in [-0.2, -0.15) is 0 Å². The summed E-state index contributed by atoms with van der Waals surface area (Å²) in [6.45, 7) is 17.1. The molecule has 0 aromatic heterocycles. The largest absolute Gasteiger partial charge is 0.403 e. The van der Waals surface area contributed by atoms with Crippen molar-refractivity contribution in [2.24, 2.45) is 5.41 Å². The van der Waals surface area contributed by atoms with Crippen LogP contribution in [0.5, 0.6) is 0 Å². The van der Waals surface area contributed by atoms with Crippen LogP contribution in [-0.2, 0) is 29.1 Å². The number of nitrogens with zero attached hydrogens (tertiary/aromatic N) is 1. The summed E-state index contributed by atoms with van der Waals surface area (Å²) in [6.07, 6.45) is 2.09. The van der Waals surface area contributed by atoms with Crippen molar-refractivity contribution in [1.29, 1.82) is 0 Å². The van der Waals surface area contributed by atoms with Crippen molar-refractivity contribution >= 4 is 31.4 Å². The molecule has 0 bridgehead atoms. The zero-order chi connectivity index (χ0) is 26.2. The molecule has 0 amide bonds. The minimum atomic E-state index is -2.20. The van der Waals surface area contributed by atoms with Gasteiger partial charge in [0.25, 0.3) is 0 Å². The molecule has 1 aromatic rings. The van der Waals surface area contributed by atoms with Crippen LogP contribution in [0.25, 0.3) is 0 Å². The number of hydrogen-bond acceptors (Lipinski definition) is 6. The quantitative estimate of drug-likeness (QED) is 0.217. The SMILES string of the molecule is CCCCC(=O)C(=O)[C@](C)(CN1c2ccccc2[C@]2(O[Si](C)(C)C(C)(C)C)CCO[C@H]12)C(=O)CC. The second-order valence-corrected chi connectivity index (χ2v) is 16.6. The Hall–Kier alpha value is -1.83. The molecule has 0 N–H and O–H groups in total. The number of unbranched alkanes of at least 4 members (excludes halogenated alkanes) is 1. The summed E-state index contributed by atoms with van der Waals surface area (Å²) in [5.74, 6) is -1.26. The lowest BCUT2D eigenvalue weighted by Gasteiger charge is -2.45. The Labute approximate surface area is 211 Å². The first-order chi connectivity index (χ1) is 16.2. The standard InChI is InChI=1S/C28H43NO5Si/c1-9-11-16-22(30)24(32)27(6,23(31)10-2)19-29-21-15-13-12-14-20(21)28(17-18-33-25(28)29)34-35(7,8)26(3,4)5/h12-15,25H,9-11,16-19H2,1-8H3/t25-,27+,28+/m0/s1. The Balaban J connectivity index is 2.06. The maximum absolute atomic E-state index is 13.4. The molecular weight excluding hydrogens is 458 g/mol. The first kappa shape index (κ1) is 27.7. The lowest BCUT2D eigenvalue weighted by atomic mass is 9.77. The second kappa shape index (κ2) is 9.90. The predicted octanol–water partition coefficient (Wildman–Crippen LogP) is 5.78. The zero-order valence-electron chi connectivity index (χ0n) is 22.8. The third kappa shape index (κ3) is 4.79. The molecule has 7 heteroatoms. The minimum Gasteiger partial charge on any atom is -0.403 e. The smallest absolute Gasteiger partial charge is 0.213 e. The fourth-order valence-corrected chi connectivity index (χ4v) is 6.64. The number of rotatable bonds is 11. The molecule has 2 aliphatic rings. The highest BCUT2D eigenvalue weighted by molar-refractivity contribution is 6.74. The molecule has 6 nitrogen and oxygen atoms in total. The number of hydrogen-bond donors (Lipinski definition) is 0. The molecule has 35 heavy (non-hydrogen) atoms. The van der Waals surface area contributed by atoms with Crippen LogP contribution >= 0.6 is 0 Å². The van der Waals surface area contributed by atoms with E-state index >= 15 is 0 Å². The molecule has 0 aliphatic carbocycles. The van der Waals surface area contributed by atoms with Crippen LogP contribution in [0.3, 0.4) is 0 Å². The highest BCUT2D eigenvalue weighted by atomic mass is 28.4. The molecule has 0 saturated carbocycles. The van der Waals surface area contributed by atoms with Gasteiger partial charge in [-0.1, -0.05) is 59.2 Å². The summed E-state index contributed by atoms with van der Waals surface area (Å²) in [5, 5.41) is 0.00556. The van der Waals surface area contributed by atoms with Gasteiger partial charge in [0.2, 0.25) is 5.78 Å². The third-order valence-electron chi connectivity index (χ3n) is 8.28. The van der Waals surface area contributed by atoms with Crippen LogP contribution in [-0.4, -0.2) is 45.0 Å². The van der Waals surface area contributed by atoms with Crippen molar-refractivity contribution in [2.75, 3.05) is 18.1 Å². The summed E-state index contributed by atoms with van der Waals surface area (Å²) in [6, 6.07) is 8.05. The Morgan fingerprint density at radius 3 is 2.40 bits per heavy atom. The molecule has 1 saturated heterocycles. The number of Topliss-reactive ketones (excluding diaryl/α,β-unsaturated/α-hetero) is 3. The van der Waals surface area contributed by atoms with Crippen LogP contribution in [0.2, 0.25) is 18.1 Å². The average Bonchev–Trinajstić information content (AvgIpc) is 3.31. The van der Waals surface area contributed by atoms with E-state index in [1.54, 1.807) is 13.8 Å². The van der Waals surface area contributed by atoms with Gasteiger partial charge in [0.05, 0.1) is 6.61 Å². The van der Waals surface area contributed by atoms with Crippen molar-refractivity contribution in [1.82, 2.24) is 0 Å². The van der Waals surface area contributed by atoms with Crippen LogP contribution in [0, 0.1) is 5.41 Å². The normalized spacial score (nSPS) is 23.5. The monoisotopic (exact) mass is 501 g/mol. The van der Waals surface area contributed by atoms with E-state index < -0.39 is 37.1 Å². The van der Waals surface area contributed by atoms with Crippen molar-refractivity contribution in [3.05, 3.63) is 29.8 Å². The first-order valence-corrected chi connectivity index (χ1v) is 15.9. The van der Waals surface area contributed by atoms with Crippen LogP contribution in [0.4, 0.5) is 5.69 Å². The van der Waals surface area contributed by atoms with Gasteiger partial charge in [-0.25, -0.2) is 0 Å². The van der Waals surface area contributed by atoms with Gasteiger partial charge >= 0.3 is 0 Å². The van der Waals surface area contributed by atoms with E-state index in [0.29, 0.717) is 19.4 Å². The molecule has 3 rings (SSSR count). The summed E-state index contributed by atoms with van der Waals surface area (Å²) >= 11 is 0. The van der Waals surface area contributed by atoms with Gasteiger partial charge in [-0.3, -0.25) is 14.4 Å². The van der Waals surface area contributed by atoms with Crippen molar-refractivity contribution < 1.29 is 23.5 Å². The van der Waals surface area contributed by atoms with Crippen LogP contribution in [0.15, 0.2) is 24.3 Å². The van der Waals surface area contributed by atoms with Gasteiger partial charge in [-0.15, -0.1) is 0 Å². The molecular formula is C28H43NO5Si. The van der Waals surface area contributed by atoms with Crippen LogP contribution < -0.4 is 4.90 Å². The van der Waals surface area contributed by atoms with Gasteiger partial charge in [0, 0.05) is 37.1 Å². The fraction of sp³-hybridized carbons (Fsp3) is 0.679. The number of benzene rings is 1. The topological polar surface area (TPSA) is 72.9 Å². The summed E-state index contributed by atoms with van der Waals surface area (Å²) < 4.78 is 13.4. The van der Waals surface area contributed by atoms with Crippen molar-refractivity contribution in [3.63, 3.8) is 0 Å². The molecule has 1 fully saturated rings. The molecule has 194 valence electrons. The Morgan fingerprint density at radius 2 is 1.80 bits per heavy atom. The third-order valence-corrected chi connectivity index (χ3v) is 12.8. The van der Waals surface area contributed by atoms with Crippen molar-refractivity contribution in [3.8, 4) is 0 Å². The second-order valence-electron chi connectivity index (χ2n) is 11.8. The lowest BCUT2D eigenvalue weighted by Crippen LogP contribution is -2.56. The molecule has 2 heterocycles. The average molecular weight is 502 g/mol. The van der Waals surface area contributed by atoms with E-state index in [9.17, 15) is 14.4 Å². The number of anilines is 1. The molecule has 3 atom stereocenters. The zero-order valence-corrected chi connectivity index (χ0v) is 23.8. The molecule has 0 spiro atoms. The highest BCUT2D eigenvalue weighted by Crippen LogP contribution is 2.55. The maximum Gasteiger partial charge on any atom is 0.213 e. The van der Waals surface area contributed by atoms with Gasteiger partial charge < -0.3 is 14.1 Å². The Morgan fingerprint density at radius 1 is 1.14 bits per heavy atom. The van der Waals surface area contributed by atoms with Crippen LogP contribution in [0.1, 0.15) is 79.2 Å². The maximum atomic E-state index is 13.4. The van der Waals surface area contributed by atoms with E-state index in [1.807, 2.05) is 30.0 Å². The minimum absolute atomic E-state index is 0.00556. The number of ketones is 3. The van der Waals surface area contributed by atoms with Gasteiger partial charge in [0.15, 0.2) is 20.3 Å². The molecule has 0 unspecified atom stereocenters. The number of ether oxygens (including phenoxy) is 1. The molecule has 1 aromatic carbocycles. The highest BCUT2D eigenvalue weighted by Gasteiger charge is 2.61. The van der Waals surface area contributed by atoms with E-state index in [0.717, 1.165) is 17.7 Å². The van der Waals surface area contributed by atoms with Gasteiger partial charge in [0.1, 0.15) is 16.8 Å². The molecule has 2 aliphatic heterocycles. The van der Waals surface area contributed by atoms with E-state index in [2.05, 4.69) is 39.9 Å². The van der Waals surface area contributed by atoms with Crippen molar-refractivity contribution in [2.45, 2.75) is 104 Å². The number of para-hydroxylation sites is 1. The summed E-state index contributed by atoms with van der Waals surface area (Å²) in [4.78, 5) is 41.5.